The number of nitrogens with one attached hydrogen (secondary N) is 3. The standard InChI is InChI=1S/C20H36N4O3/c1-5-15(6-2)16-11-17(25)24(18(16)26)10-9-21-7-8-22-19(27)23-20(4)12-14(3)13-20/h14-16,21H,5-13H2,1-4H3,(H2,22,23,27). The lowest BCUT2D eigenvalue weighted by Gasteiger charge is -2.44. The third-order valence-corrected chi connectivity index (χ3v) is 6.01. The van der Waals surface area contributed by atoms with Gasteiger partial charge in [-0.1, -0.05) is 33.6 Å². The van der Waals surface area contributed by atoms with Crippen molar-refractivity contribution in [2.24, 2.45) is 17.8 Å². The molecule has 3 N–H and O–H groups in total. The van der Waals surface area contributed by atoms with E-state index >= 15 is 0 Å². The Bertz CT molecular complexity index is 541. The zero-order chi connectivity index (χ0) is 20.0. The maximum Gasteiger partial charge on any atom is 0.315 e. The van der Waals surface area contributed by atoms with Crippen LogP contribution in [0.4, 0.5) is 4.79 Å². The van der Waals surface area contributed by atoms with Gasteiger partial charge in [0.25, 0.3) is 0 Å². The molecule has 0 aromatic heterocycles. The molecule has 0 bridgehead atoms. The van der Waals surface area contributed by atoms with Crippen molar-refractivity contribution in [1.29, 1.82) is 0 Å². The maximum atomic E-state index is 12.5. The van der Waals surface area contributed by atoms with Crippen LogP contribution in [-0.2, 0) is 9.59 Å². The Labute approximate surface area is 163 Å². The molecule has 1 aliphatic heterocycles. The van der Waals surface area contributed by atoms with Gasteiger partial charge in [-0.05, 0) is 31.6 Å². The molecule has 7 heteroatoms. The first-order chi connectivity index (χ1) is 12.8. The van der Waals surface area contributed by atoms with Crippen LogP contribution in [-0.4, -0.2) is 54.5 Å². The van der Waals surface area contributed by atoms with Gasteiger partial charge in [-0.25, -0.2) is 4.79 Å². The van der Waals surface area contributed by atoms with Crippen LogP contribution in [0.1, 0.15) is 59.8 Å². The number of imide groups is 1. The van der Waals surface area contributed by atoms with Crippen LogP contribution in [0.5, 0.6) is 0 Å². The molecular formula is C20H36N4O3. The van der Waals surface area contributed by atoms with Gasteiger partial charge in [0, 0.05) is 38.1 Å². The molecule has 1 aliphatic carbocycles. The van der Waals surface area contributed by atoms with Gasteiger partial charge in [0.2, 0.25) is 11.8 Å². The van der Waals surface area contributed by atoms with Crippen molar-refractivity contribution in [3.8, 4) is 0 Å². The van der Waals surface area contributed by atoms with E-state index in [4.69, 9.17) is 0 Å². The summed E-state index contributed by atoms with van der Waals surface area (Å²) in [5.41, 5.74) is -0.0707. The van der Waals surface area contributed by atoms with Crippen LogP contribution >= 0.6 is 0 Å². The molecule has 0 radical (unpaired) electrons. The first kappa shape index (κ1) is 21.7. The summed E-state index contributed by atoms with van der Waals surface area (Å²) in [6, 6.07) is -0.135. The lowest BCUT2D eigenvalue weighted by molar-refractivity contribution is -0.139. The van der Waals surface area contributed by atoms with Crippen molar-refractivity contribution in [1.82, 2.24) is 20.9 Å². The van der Waals surface area contributed by atoms with E-state index in [1.807, 2.05) is 0 Å². The third-order valence-electron chi connectivity index (χ3n) is 6.01. The second kappa shape index (κ2) is 9.53. The minimum absolute atomic E-state index is 0.0176. The summed E-state index contributed by atoms with van der Waals surface area (Å²) in [5, 5.41) is 9.06. The monoisotopic (exact) mass is 380 g/mol. The number of carbonyl (C=O) groups is 3. The van der Waals surface area contributed by atoms with Gasteiger partial charge in [0.05, 0.1) is 5.92 Å². The lowest BCUT2D eigenvalue weighted by Crippen LogP contribution is -2.57. The highest BCUT2D eigenvalue weighted by Crippen LogP contribution is 2.36. The molecule has 4 amide bonds. The Hall–Kier alpha value is -1.63. The van der Waals surface area contributed by atoms with Crippen molar-refractivity contribution in [3.63, 3.8) is 0 Å². The molecule has 1 saturated carbocycles. The highest BCUT2D eigenvalue weighted by Gasteiger charge is 2.41. The SMILES string of the molecule is CCC(CC)C1CC(=O)N(CCNCCNC(=O)NC2(C)CC(C)C2)C1=O. The van der Waals surface area contributed by atoms with Gasteiger partial charge in [-0.15, -0.1) is 0 Å². The van der Waals surface area contributed by atoms with Gasteiger partial charge in [0.15, 0.2) is 0 Å². The number of likely N-dealkylation sites (tertiary alicyclic amines) is 1. The first-order valence-electron chi connectivity index (χ1n) is 10.4. The lowest BCUT2D eigenvalue weighted by atomic mass is 9.70. The van der Waals surface area contributed by atoms with E-state index in [1.54, 1.807) is 0 Å². The Balaban J connectivity index is 1.59. The summed E-state index contributed by atoms with van der Waals surface area (Å²) < 4.78 is 0. The average Bonchev–Trinajstić information content (AvgIpc) is 2.85. The molecule has 1 heterocycles. The molecule has 0 aromatic rings. The zero-order valence-electron chi connectivity index (χ0n) is 17.3. The van der Waals surface area contributed by atoms with E-state index in [-0.39, 0.29) is 29.3 Å². The van der Waals surface area contributed by atoms with Gasteiger partial charge >= 0.3 is 6.03 Å². The smallest absolute Gasteiger partial charge is 0.315 e. The van der Waals surface area contributed by atoms with E-state index in [2.05, 4.69) is 43.6 Å². The second-order valence-corrected chi connectivity index (χ2v) is 8.48. The fraction of sp³-hybridized carbons (Fsp3) is 0.850. The summed E-state index contributed by atoms with van der Waals surface area (Å²) in [6.07, 6.45) is 4.25. The number of rotatable bonds is 10. The van der Waals surface area contributed by atoms with E-state index in [0.29, 0.717) is 44.4 Å². The predicted molar refractivity (Wildman–Crippen MR) is 105 cm³/mol. The van der Waals surface area contributed by atoms with E-state index in [9.17, 15) is 14.4 Å². The fourth-order valence-electron chi connectivity index (χ4n) is 4.65. The maximum absolute atomic E-state index is 12.5. The van der Waals surface area contributed by atoms with Crippen LogP contribution in [0.3, 0.4) is 0 Å². The van der Waals surface area contributed by atoms with Gasteiger partial charge in [-0.3, -0.25) is 14.5 Å². The summed E-state index contributed by atoms with van der Waals surface area (Å²) >= 11 is 0. The van der Waals surface area contributed by atoms with Gasteiger partial charge in [-0.2, -0.15) is 0 Å². The summed E-state index contributed by atoms with van der Waals surface area (Å²) in [5.74, 6) is 0.753. The number of hydrogen-bond donors (Lipinski definition) is 3. The molecule has 2 aliphatic rings. The molecule has 0 aromatic carbocycles. The van der Waals surface area contributed by atoms with Crippen molar-refractivity contribution < 1.29 is 14.4 Å². The fourth-order valence-corrected chi connectivity index (χ4v) is 4.65. The number of amides is 4. The number of hydrogen-bond acceptors (Lipinski definition) is 4. The molecule has 27 heavy (non-hydrogen) atoms. The molecule has 2 fully saturated rings. The largest absolute Gasteiger partial charge is 0.337 e. The summed E-state index contributed by atoms with van der Waals surface area (Å²) in [6.45, 7) is 10.5. The molecule has 1 saturated heterocycles. The van der Waals surface area contributed by atoms with Crippen molar-refractivity contribution >= 4 is 17.8 Å². The Morgan fingerprint density at radius 3 is 2.44 bits per heavy atom. The molecular weight excluding hydrogens is 344 g/mol. The van der Waals surface area contributed by atoms with Crippen molar-refractivity contribution in [2.45, 2.75) is 65.3 Å². The van der Waals surface area contributed by atoms with Gasteiger partial charge in [0.1, 0.15) is 0 Å². The first-order valence-corrected chi connectivity index (χ1v) is 10.4. The molecule has 1 unspecified atom stereocenters. The highest BCUT2D eigenvalue weighted by molar-refractivity contribution is 6.03. The molecule has 2 rings (SSSR count). The normalized spacial score (nSPS) is 27.8. The Morgan fingerprint density at radius 2 is 1.85 bits per heavy atom. The highest BCUT2D eigenvalue weighted by atomic mass is 16.2. The summed E-state index contributed by atoms with van der Waals surface area (Å²) in [4.78, 5) is 37.9. The minimum Gasteiger partial charge on any atom is -0.337 e. The van der Waals surface area contributed by atoms with Crippen molar-refractivity contribution in [3.05, 3.63) is 0 Å². The molecule has 0 spiro atoms. The molecule has 154 valence electrons. The second-order valence-electron chi connectivity index (χ2n) is 8.48. The van der Waals surface area contributed by atoms with Crippen molar-refractivity contribution in [2.75, 3.05) is 26.2 Å². The molecule has 1 atom stereocenters. The molecule has 7 nitrogen and oxygen atoms in total. The number of carbonyl (C=O) groups excluding carboxylic acids is 3. The van der Waals surface area contributed by atoms with Crippen LogP contribution in [0, 0.1) is 17.8 Å². The van der Waals surface area contributed by atoms with E-state index in [1.165, 1.54) is 4.90 Å². The van der Waals surface area contributed by atoms with E-state index in [0.717, 1.165) is 25.7 Å². The Morgan fingerprint density at radius 1 is 1.19 bits per heavy atom. The van der Waals surface area contributed by atoms with Crippen LogP contribution in [0.2, 0.25) is 0 Å². The topological polar surface area (TPSA) is 90.5 Å². The minimum atomic E-state index is -0.145. The summed E-state index contributed by atoms with van der Waals surface area (Å²) in [7, 11) is 0. The Kier molecular flexibility index (Phi) is 7.65. The average molecular weight is 381 g/mol. The van der Waals surface area contributed by atoms with Crippen LogP contribution in [0.15, 0.2) is 0 Å². The van der Waals surface area contributed by atoms with Gasteiger partial charge < -0.3 is 16.0 Å². The predicted octanol–water partition coefficient (Wildman–Crippen LogP) is 1.88. The van der Waals surface area contributed by atoms with E-state index < -0.39 is 0 Å². The zero-order valence-corrected chi connectivity index (χ0v) is 17.3. The van der Waals surface area contributed by atoms with Crippen LogP contribution < -0.4 is 16.0 Å². The third kappa shape index (κ3) is 5.67. The van der Waals surface area contributed by atoms with Crippen LogP contribution in [0.25, 0.3) is 0 Å². The number of urea groups is 1. The number of nitrogens with zero attached hydrogens (tertiary/aromatic N) is 1. The quantitative estimate of drug-likeness (QED) is 0.399.